The molecule has 0 spiro atoms. The molecule has 0 amide bonds. The number of hydrogen-bond acceptors (Lipinski definition) is 0. The maximum absolute atomic E-state index is 13.9. The van der Waals surface area contributed by atoms with E-state index in [2.05, 4.69) is 0 Å². The van der Waals surface area contributed by atoms with Crippen LogP contribution in [0.1, 0.15) is 55.9 Å². The molecule has 112 valence electrons. The Morgan fingerprint density at radius 3 is 2.48 bits per heavy atom. The van der Waals surface area contributed by atoms with Crippen molar-refractivity contribution in [1.82, 2.24) is 0 Å². The van der Waals surface area contributed by atoms with E-state index in [0.717, 1.165) is 23.3 Å². The van der Waals surface area contributed by atoms with Crippen molar-refractivity contribution in [2.24, 2.45) is 5.92 Å². The first-order valence-electron chi connectivity index (χ1n) is 8.07. The average molecular weight is 305 g/mol. The van der Waals surface area contributed by atoms with Crippen LogP contribution in [0.4, 0.5) is 4.39 Å². The summed E-state index contributed by atoms with van der Waals surface area (Å²) in [7, 11) is 0. The number of halogens is 2. The first kappa shape index (κ1) is 14.8. The van der Waals surface area contributed by atoms with Crippen LogP contribution in [0, 0.1) is 11.7 Å². The lowest BCUT2D eigenvalue weighted by molar-refractivity contribution is 0.331. The van der Waals surface area contributed by atoms with Crippen molar-refractivity contribution in [2.45, 2.75) is 50.3 Å². The molecule has 1 unspecified atom stereocenters. The minimum absolute atomic E-state index is 0.0163. The predicted molar refractivity (Wildman–Crippen MR) is 88.3 cm³/mol. The van der Waals surface area contributed by atoms with Gasteiger partial charge >= 0.3 is 0 Å². The van der Waals surface area contributed by atoms with Crippen molar-refractivity contribution >= 4 is 22.4 Å². The molecule has 1 atom stereocenters. The van der Waals surface area contributed by atoms with Crippen molar-refractivity contribution < 1.29 is 4.39 Å². The summed E-state index contributed by atoms with van der Waals surface area (Å²) in [6.45, 7) is 0. The van der Waals surface area contributed by atoms with Crippen LogP contribution in [0.5, 0.6) is 0 Å². The third-order valence-electron chi connectivity index (χ3n) is 4.80. The van der Waals surface area contributed by atoms with Gasteiger partial charge in [0, 0.05) is 5.39 Å². The molecule has 2 aromatic rings. The van der Waals surface area contributed by atoms with Crippen LogP contribution in [-0.2, 0) is 0 Å². The summed E-state index contributed by atoms with van der Waals surface area (Å²) in [5, 5.41) is 1.62. The summed E-state index contributed by atoms with van der Waals surface area (Å²) in [5.74, 6) is 0.678. The monoisotopic (exact) mass is 304 g/mol. The molecule has 1 saturated carbocycles. The van der Waals surface area contributed by atoms with Gasteiger partial charge in [-0.2, -0.15) is 0 Å². The van der Waals surface area contributed by atoms with Gasteiger partial charge in [-0.25, -0.2) is 4.39 Å². The Labute approximate surface area is 131 Å². The van der Waals surface area contributed by atoms with Gasteiger partial charge in [0.15, 0.2) is 0 Å². The standard InChI is InChI=1S/C19H22ClF/c20-18(12-10-14-6-2-1-3-7-14)16-11-13-19(21)17-9-5-4-8-15(16)17/h4-5,8-9,11,13-14,18H,1-3,6-7,10,12H2. The van der Waals surface area contributed by atoms with E-state index in [0.29, 0.717) is 5.39 Å². The van der Waals surface area contributed by atoms with Gasteiger partial charge in [0.05, 0.1) is 5.38 Å². The van der Waals surface area contributed by atoms with Gasteiger partial charge in [0.25, 0.3) is 0 Å². The van der Waals surface area contributed by atoms with Gasteiger partial charge in [-0.1, -0.05) is 62.4 Å². The molecule has 21 heavy (non-hydrogen) atoms. The van der Waals surface area contributed by atoms with Crippen LogP contribution in [0.15, 0.2) is 36.4 Å². The normalized spacial score (nSPS) is 18.0. The first-order valence-corrected chi connectivity index (χ1v) is 8.50. The number of rotatable bonds is 4. The molecular weight excluding hydrogens is 283 g/mol. The maximum Gasteiger partial charge on any atom is 0.131 e. The summed E-state index contributed by atoms with van der Waals surface area (Å²) >= 11 is 6.63. The Balaban J connectivity index is 1.75. The number of hydrogen-bond donors (Lipinski definition) is 0. The van der Waals surface area contributed by atoms with Crippen LogP contribution in [0.25, 0.3) is 10.8 Å². The maximum atomic E-state index is 13.9. The average Bonchev–Trinajstić information content (AvgIpc) is 2.54. The Kier molecular flexibility index (Phi) is 4.80. The lowest BCUT2D eigenvalue weighted by atomic mass is 9.85. The Morgan fingerprint density at radius 2 is 1.71 bits per heavy atom. The highest BCUT2D eigenvalue weighted by molar-refractivity contribution is 6.21. The zero-order valence-electron chi connectivity index (χ0n) is 12.3. The summed E-state index contributed by atoms with van der Waals surface area (Å²) in [4.78, 5) is 0. The second-order valence-electron chi connectivity index (χ2n) is 6.23. The molecule has 1 aliphatic carbocycles. The highest BCUT2D eigenvalue weighted by Crippen LogP contribution is 2.36. The quantitative estimate of drug-likeness (QED) is 0.557. The zero-order chi connectivity index (χ0) is 14.7. The Bertz CT molecular complexity index is 602. The van der Waals surface area contributed by atoms with Crippen LogP contribution in [0.2, 0.25) is 0 Å². The highest BCUT2D eigenvalue weighted by Gasteiger charge is 2.18. The van der Waals surface area contributed by atoms with E-state index in [1.165, 1.54) is 38.5 Å². The molecule has 1 aliphatic rings. The van der Waals surface area contributed by atoms with E-state index in [4.69, 9.17) is 11.6 Å². The summed E-state index contributed by atoms with van der Waals surface area (Å²) in [6.07, 6.45) is 9.03. The molecule has 0 nitrogen and oxygen atoms in total. The number of fused-ring (bicyclic) bond motifs is 1. The third-order valence-corrected chi connectivity index (χ3v) is 5.25. The van der Waals surface area contributed by atoms with Crippen molar-refractivity contribution in [1.29, 1.82) is 0 Å². The molecule has 0 heterocycles. The molecule has 0 bridgehead atoms. The van der Waals surface area contributed by atoms with E-state index in [1.54, 1.807) is 6.07 Å². The highest BCUT2D eigenvalue weighted by atomic mass is 35.5. The Hall–Kier alpha value is -1.08. The molecule has 0 aliphatic heterocycles. The van der Waals surface area contributed by atoms with Crippen molar-refractivity contribution in [2.75, 3.05) is 0 Å². The van der Waals surface area contributed by atoms with E-state index in [1.807, 2.05) is 30.3 Å². The number of benzene rings is 2. The van der Waals surface area contributed by atoms with Gasteiger partial charge in [0.1, 0.15) is 5.82 Å². The van der Waals surface area contributed by atoms with Crippen molar-refractivity contribution in [3.05, 3.63) is 47.8 Å². The van der Waals surface area contributed by atoms with E-state index in [-0.39, 0.29) is 11.2 Å². The summed E-state index contributed by atoms with van der Waals surface area (Å²) in [6, 6.07) is 11.0. The lowest BCUT2D eigenvalue weighted by Gasteiger charge is -2.23. The van der Waals surface area contributed by atoms with E-state index < -0.39 is 0 Å². The van der Waals surface area contributed by atoms with E-state index >= 15 is 0 Å². The largest absolute Gasteiger partial charge is 0.206 e. The van der Waals surface area contributed by atoms with Gasteiger partial charge in [-0.3, -0.25) is 0 Å². The van der Waals surface area contributed by atoms with Crippen LogP contribution in [-0.4, -0.2) is 0 Å². The minimum Gasteiger partial charge on any atom is -0.206 e. The fourth-order valence-corrected chi connectivity index (χ4v) is 3.89. The fraction of sp³-hybridized carbons (Fsp3) is 0.474. The number of alkyl halides is 1. The first-order chi connectivity index (χ1) is 10.3. The van der Waals surface area contributed by atoms with Crippen molar-refractivity contribution in [3.63, 3.8) is 0 Å². The molecule has 2 aromatic carbocycles. The molecule has 1 fully saturated rings. The zero-order valence-corrected chi connectivity index (χ0v) is 13.1. The van der Waals surface area contributed by atoms with Crippen LogP contribution >= 0.6 is 11.6 Å². The third kappa shape index (κ3) is 3.40. The van der Waals surface area contributed by atoms with E-state index in [9.17, 15) is 4.39 Å². The van der Waals surface area contributed by atoms with Gasteiger partial charge < -0.3 is 0 Å². The van der Waals surface area contributed by atoms with Crippen molar-refractivity contribution in [3.8, 4) is 0 Å². The SMILES string of the molecule is Fc1ccc(C(Cl)CCC2CCCCC2)c2ccccc12. The topological polar surface area (TPSA) is 0 Å². The van der Waals surface area contributed by atoms with Gasteiger partial charge in [0.2, 0.25) is 0 Å². The predicted octanol–water partition coefficient (Wildman–Crippen LogP) is 6.62. The molecule has 0 aromatic heterocycles. The Morgan fingerprint density at radius 1 is 1.00 bits per heavy atom. The summed E-state index contributed by atoms with van der Waals surface area (Å²) < 4.78 is 13.9. The minimum atomic E-state index is -0.162. The lowest BCUT2D eigenvalue weighted by Crippen LogP contribution is -2.07. The second-order valence-corrected chi connectivity index (χ2v) is 6.76. The molecule has 0 N–H and O–H groups in total. The van der Waals surface area contributed by atoms with Gasteiger partial charge in [-0.05, 0) is 35.8 Å². The molecule has 0 radical (unpaired) electrons. The molecule has 0 saturated heterocycles. The summed E-state index contributed by atoms with van der Waals surface area (Å²) in [5.41, 5.74) is 1.07. The van der Waals surface area contributed by atoms with Crippen LogP contribution < -0.4 is 0 Å². The van der Waals surface area contributed by atoms with Gasteiger partial charge in [-0.15, -0.1) is 11.6 Å². The second kappa shape index (κ2) is 6.79. The van der Waals surface area contributed by atoms with Crippen LogP contribution in [0.3, 0.4) is 0 Å². The molecular formula is C19H22ClF. The molecule has 2 heteroatoms. The molecule has 3 rings (SSSR count). The smallest absolute Gasteiger partial charge is 0.131 e. The fourth-order valence-electron chi connectivity index (χ4n) is 3.57.